The number of hydrogen-bond acceptors (Lipinski definition) is 4. The Labute approximate surface area is 208 Å². The van der Waals surface area contributed by atoms with Crippen LogP contribution in [0.15, 0.2) is 60.7 Å². The number of carbonyl (C=O) groups excluding carboxylic acids is 2. The fourth-order valence-electron chi connectivity index (χ4n) is 4.02. The number of amides is 1. The van der Waals surface area contributed by atoms with E-state index in [1.54, 1.807) is 0 Å². The van der Waals surface area contributed by atoms with E-state index in [2.05, 4.69) is 10.6 Å². The van der Waals surface area contributed by atoms with Crippen molar-refractivity contribution >= 4 is 23.1 Å². The molecule has 0 spiro atoms. The monoisotopic (exact) mass is 524 g/mol. The van der Waals surface area contributed by atoms with Gasteiger partial charge < -0.3 is 15.7 Å². The number of alkyl halides is 6. The Balaban J connectivity index is 2.22. The van der Waals surface area contributed by atoms with E-state index in [1.807, 2.05) is 0 Å². The first-order valence-electron chi connectivity index (χ1n) is 10.8. The van der Waals surface area contributed by atoms with Crippen molar-refractivity contribution < 1.29 is 41.0 Å². The van der Waals surface area contributed by atoms with Gasteiger partial charge in [0.25, 0.3) is 5.91 Å². The molecule has 5 nitrogen and oxygen atoms in total. The van der Waals surface area contributed by atoms with E-state index >= 15 is 0 Å². The van der Waals surface area contributed by atoms with Gasteiger partial charge in [-0.15, -0.1) is 0 Å². The number of phenols is 1. The van der Waals surface area contributed by atoms with Crippen molar-refractivity contribution in [3.8, 4) is 5.75 Å². The van der Waals surface area contributed by atoms with E-state index in [4.69, 9.17) is 0 Å². The lowest BCUT2D eigenvalue weighted by Gasteiger charge is -2.38. The molecule has 11 heteroatoms. The summed E-state index contributed by atoms with van der Waals surface area (Å²) in [6.45, 7) is 2.69. The van der Waals surface area contributed by atoms with E-state index < -0.39 is 40.6 Å². The third kappa shape index (κ3) is 4.98. The number of ketones is 1. The predicted molar refractivity (Wildman–Crippen MR) is 126 cm³/mol. The number of aromatic hydroxyl groups is 1. The minimum absolute atomic E-state index is 0.00685. The molecule has 37 heavy (non-hydrogen) atoms. The Bertz CT molecular complexity index is 1330. The molecular weight excluding hydrogens is 502 g/mol. The summed E-state index contributed by atoms with van der Waals surface area (Å²) in [6.07, 6.45) is -11.7. The molecule has 0 aliphatic carbocycles. The first kappa shape index (κ1) is 27.6. The first-order valence-corrected chi connectivity index (χ1v) is 10.8. The number of rotatable bonds is 6. The van der Waals surface area contributed by atoms with Crippen LogP contribution in [0.4, 0.5) is 37.7 Å². The van der Waals surface area contributed by atoms with E-state index in [1.165, 1.54) is 45.2 Å². The van der Waals surface area contributed by atoms with Crippen LogP contribution in [-0.4, -0.2) is 36.2 Å². The van der Waals surface area contributed by atoms with Gasteiger partial charge in [0.05, 0.1) is 5.69 Å². The van der Waals surface area contributed by atoms with E-state index in [-0.39, 0.29) is 33.8 Å². The summed E-state index contributed by atoms with van der Waals surface area (Å²) >= 11 is 0. The topological polar surface area (TPSA) is 78.4 Å². The number of phenolic OH excluding ortho intramolecular Hbond substituents is 1. The number of benzene rings is 3. The molecule has 0 saturated carbocycles. The Morgan fingerprint density at radius 1 is 0.784 bits per heavy atom. The predicted octanol–water partition coefficient (Wildman–Crippen LogP) is 6.61. The van der Waals surface area contributed by atoms with Crippen LogP contribution in [0.5, 0.6) is 5.75 Å². The Morgan fingerprint density at radius 2 is 1.32 bits per heavy atom. The molecule has 0 aliphatic rings. The summed E-state index contributed by atoms with van der Waals surface area (Å²) in [5.74, 6) is -1.69. The normalized spacial score (nSPS) is 12.2. The number of carbonyl (C=O) groups is 2. The molecule has 0 atom stereocenters. The molecule has 0 aliphatic heterocycles. The van der Waals surface area contributed by atoms with Crippen molar-refractivity contribution in [2.75, 3.05) is 17.7 Å². The average molecular weight is 524 g/mol. The van der Waals surface area contributed by atoms with Crippen LogP contribution in [0.3, 0.4) is 0 Å². The molecule has 0 aromatic heterocycles. The molecule has 0 radical (unpaired) electrons. The van der Waals surface area contributed by atoms with Crippen molar-refractivity contribution in [2.24, 2.45) is 0 Å². The molecule has 0 fully saturated rings. The summed E-state index contributed by atoms with van der Waals surface area (Å²) < 4.78 is 87.2. The SMILES string of the molecule is CNc1cc(C(c2ccc(C)c(NC(=O)c3cccc(C(C)=O)c3)c2)(C(F)(F)F)C(F)(F)F)ccc1O. The smallest absolute Gasteiger partial charge is 0.411 e. The molecule has 3 N–H and O–H groups in total. The Morgan fingerprint density at radius 3 is 1.86 bits per heavy atom. The number of aryl methyl sites for hydroxylation is 1. The average Bonchev–Trinajstić information content (AvgIpc) is 2.80. The summed E-state index contributed by atoms with van der Waals surface area (Å²) in [5.41, 5.74) is -7.04. The Kier molecular flexibility index (Phi) is 7.30. The highest BCUT2D eigenvalue weighted by atomic mass is 19.4. The second kappa shape index (κ2) is 9.79. The third-order valence-electron chi connectivity index (χ3n) is 6.00. The second-order valence-corrected chi connectivity index (χ2v) is 8.35. The van der Waals surface area contributed by atoms with Crippen LogP contribution in [0.25, 0.3) is 0 Å². The van der Waals surface area contributed by atoms with Gasteiger partial charge in [0.2, 0.25) is 5.41 Å². The Hall–Kier alpha value is -4.02. The van der Waals surface area contributed by atoms with Gasteiger partial charge in [-0.05, 0) is 60.9 Å². The lowest BCUT2D eigenvalue weighted by atomic mass is 9.72. The van der Waals surface area contributed by atoms with E-state index in [9.17, 15) is 41.0 Å². The van der Waals surface area contributed by atoms with Crippen molar-refractivity contribution in [3.63, 3.8) is 0 Å². The van der Waals surface area contributed by atoms with Crippen LogP contribution in [0.1, 0.15) is 44.3 Å². The minimum atomic E-state index is -5.86. The standard InChI is InChI=1S/C26H22F6N2O3/c1-14-7-8-18(12-20(14)34-23(37)17-6-4-5-16(11-17)15(2)35)24(25(27,28)29,26(30,31)32)19-9-10-22(36)21(13-19)33-3/h4-13,33,36H,1-3H3,(H,34,37). The number of nitrogens with one attached hydrogen (secondary N) is 2. The summed E-state index contributed by atoms with van der Waals surface area (Å²) in [5, 5.41) is 14.6. The second-order valence-electron chi connectivity index (χ2n) is 8.35. The van der Waals surface area contributed by atoms with Gasteiger partial charge in [-0.3, -0.25) is 9.59 Å². The van der Waals surface area contributed by atoms with Gasteiger partial charge in [-0.25, -0.2) is 0 Å². The zero-order chi connectivity index (χ0) is 27.8. The van der Waals surface area contributed by atoms with Crippen LogP contribution in [0.2, 0.25) is 0 Å². The quantitative estimate of drug-likeness (QED) is 0.193. The number of halogens is 6. The highest BCUT2D eigenvalue weighted by Crippen LogP contribution is 2.57. The van der Waals surface area contributed by atoms with Crippen LogP contribution in [-0.2, 0) is 5.41 Å². The zero-order valence-corrected chi connectivity index (χ0v) is 19.8. The molecule has 0 unspecified atom stereocenters. The lowest BCUT2D eigenvalue weighted by molar-refractivity contribution is -0.288. The van der Waals surface area contributed by atoms with Gasteiger partial charge in [0.15, 0.2) is 5.78 Å². The molecule has 3 aromatic rings. The molecule has 0 saturated heterocycles. The number of anilines is 2. The van der Waals surface area contributed by atoms with Crippen LogP contribution in [0, 0.1) is 6.92 Å². The maximum atomic E-state index is 14.5. The van der Waals surface area contributed by atoms with Gasteiger partial charge >= 0.3 is 12.4 Å². The highest BCUT2D eigenvalue weighted by Gasteiger charge is 2.72. The lowest BCUT2D eigenvalue weighted by Crippen LogP contribution is -2.54. The first-order chi connectivity index (χ1) is 17.1. The van der Waals surface area contributed by atoms with Gasteiger partial charge in [0, 0.05) is 23.9 Å². The van der Waals surface area contributed by atoms with E-state index in [0.29, 0.717) is 24.3 Å². The van der Waals surface area contributed by atoms with Gasteiger partial charge in [-0.2, -0.15) is 26.3 Å². The molecule has 3 aromatic carbocycles. The van der Waals surface area contributed by atoms with Crippen molar-refractivity contribution in [3.05, 3.63) is 88.5 Å². The molecule has 0 bridgehead atoms. The summed E-state index contributed by atoms with van der Waals surface area (Å²) in [6, 6.07) is 9.78. The fraction of sp³-hybridized carbons (Fsp3) is 0.231. The van der Waals surface area contributed by atoms with Crippen LogP contribution >= 0.6 is 0 Å². The van der Waals surface area contributed by atoms with Gasteiger partial charge in [-0.1, -0.05) is 30.3 Å². The number of Topliss-reactive ketones (excluding diaryl/α,β-unsaturated/α-hetero) is 1. The van der Waals surface area contributed by atoms with Crippen molar-refractivity contribution in [1.29, 1.82) is 0 Å². The zero-order valence-electron chi connectivity index (χ0n) is 19.8. The van der Waals surface area contributed by atoms with Crippen molar-refractivity contribution in [1.82, 2.24) is 0 Å². The van der Waals surface area contributed by atoms with E-state index in [0.717, 1.165) is 12.1 Å². The highest BCUT2D eigenvalue weighted by molar-refractivity contribution is 6.06. The summed E-state index contributed by atoms with van der Waals surface area (Å²) in [4.78, 5) is 24.4. The molecule has 1 amide bonds. The molecule has 3 rings (SSSR count). The third-order valence-corrected chi connectivity index (χ3v) is 6.00. The van der Waals surface area contributed by atoms with Crippen LogP contribution < -0.4 is 10.6 Å². The summed E-state index contributed by atoms with van der Waals surface area (Å²) in [7, 11) is 1.24. The molecular formula is C26H22F6N2O3. The number of hydrogen-bond donors (Lipinski definition) is 3. The molecule has 0 heterocycles. The molecule has 196 valence electrons. The van der Waals surface area contributed by atoms with Crippen molar-refractivity contribution in [2.45, 2.75) is 31.6 Å². The maximum absolute atomic E-state index is 14.5. The maximum Gasteiger partial charge on any atom is 0.411 e. The fourth-order valence-corrected chi connectivity index (χ4v) is 4.02. The minimum Gasteiger partial charge on any atom is -0.506 e. The van der Waals surface area contributed by atoms with Gasteiger partial charge in [0.1, 0.15) is 5.75 Å². The largest absolute Gasteiger partial charge is 0.506 e.